The second kappa shape index (κ2) is 5.91. The summed E-state index contributed by atoms with van der Waals surface area (Å²) >= 11 is 0. The van der Waals surface area contributed by atoms with Crippen molar-refractivity contribution in [2.45, 2.75) is 30.8 Å². The number of benzene rings is 1. The summed E-state index contributed by atoms with van der Waals surface area (Å²) in [6, 6.07) is 5.81. The number of nitrogens with zero attached hydrogens (tertiary/aromatic N) is 1. The monoisotopic (exact) mass is 347 g/mol. The number of hydrogen-bond acceptors (Lipinski definition) is 5. The number of fused-ring (bicyclic) bond motifs is 1. The normalized spacial score (nSPS) is 26.8. The van der Waals surface area contributed by atoms with Crippen molar-refractivity contribution in [1.29, 1.82) is 0 Å². The number of carboxylic acid groups (broad SMARTS) is 1. The van der Waals surface area contributed by atoms with Crippen molar-refractivity contribution in [2.24, 2.45) is 5.92 Å². The Bertz CT molecular complexity index is 710. The molecule has 2 N–H and O–H groups in total. The summed E-state index contributed by atoms with van der Waals surface area (Å²) in [7, 11) is 0. The number of hydrogen-bond donors (Lipinski definition) is 2. The third-order valence-electron chi connectivity index (χ3n) is 5.40. The molecule has 7 nitrogen and oxygen atoms in total. The van der Waals surface area contributed by atoms with Gasteiger partial charge in [-0.25, -0.2) is 4.79 Å². The van der Waals surface area contributed by atoms with E-state index >= 15 is 0 Å². The molecule has 4 rings (SSSR count). The van der Waals surface area contributed by atoms with Crippen LogP contribution in [-0.4, -0.2) is 58.9 Å². The van der Waals surface area contributed by atoms with Crippen LogP contribution in [0.1, 0.15) is 30.7 Å². The highest BCUT2D eigenvalue weighted by Gasteiger charge is 2.48. The van der Waals surface area contributed by atoms with Crippen LogP contribution in [0.25, 0.3) is 0 Å². The summed E-state index contributed by atoms with van der Waals surface area (Å²) in [5, 5.41) is 19.0. The van der Waals surface area contributed by atoms with Gasteiger partial charge in [0, 0.05) is 31.8 Å². The second-order valence-corrected chi connectivity index (χ2v) is 7.01. The van der Waals surface area contributed by atoms with Crippen LogP contribution in [0.15, 0.2) is 18.2 Å². The number of likely N-dealkylation sites (tertiary alicyclic amines) is 1. The molecule has 25 heavy (non-hydrogen) atoms. The van der Waals surface area contributed by atoms with Crippen molar-refractivity contribution in [3.63, 3.8) is 0 Å². The van der Waals surface area contributed by atoms with E-state index in [1.807, 2.05) is 18.2 Å². The van der Waals surface area contributed by atoms with Crippen LogP contribution in [0.5, 0.6) is 11.5 Å². The number of carbonyl (C=O) groups is 2. The maximum absolute atomic E-state index is 12.7. The van der Waals surface area contributed by atoms with Gasteiger partial charge in [-0.3, -0.25) is 4.79 Å². The van der Waals surface area contributed by atoms with Gasteiger partial charge < -0.3 is 24.6 Å². The molecule has 2 fully saturated rings. The van der Waals surface area contributed by atoms with Crippen molar-refractivity contribution < 1.29 is 29.3 Å². The van der Waals surface area contributed by atoms with Crippen LogP contribution in [-0.2, 0) is 9.59 Å². The first kappa shape index (κ1) is 16.2. The third-order valence-corrected chi connectivity index (χ3v) is 5.40. The number of rotatable bonds is 3. The highest BCUT2D eigenvalue weighted by molar-refractivity contribution is 5.84. The van der Waals surface area contributed by atoms with Crippen LogP contribution >= 0.6 is 0 Å². The zero-order chi connectivity index (χ0) is 17.6. The van der Waals surface area contributed by atoms with Crippen molar-refractivity contribution in [3.8, 4) is 11.5 Å². The molecule has 1 aliphatic carbocycles. The maximum Gasteiger partial charge on any atom is 0.335 e. The van der Waals surface area contributed by atoms with Crippen molar-refractivity contribution in [2.75, 3.05) is 26.3 Å². The Balaban J connectivity index is 1.39. The average Bonchev–Trinajstić information content (AvgIpc) is 3.42. The fourth-order valence-corrected chi connectivity index (χ4v) is 3.67. The first-order valence-corrected chi connectivity index (χ1v) is 8.62. The second-order valence-electron chi connectivity index (χ2n) is 7.01. The Morgan fingerprint density at radius 1 is 1.12 bits per heavy atom. The van der Waals surface area contributed by atoms with E-state index in [0.717, 1.165) is 23.5 Å². The summed E-state index contributed by atoms with van der Waals surface area (Å²) in [6.45, 7) is 1.65. The zero-order valence-electron chi connectivity index (χ0n) is 13.8. The molecule has 1 aromatic rings. The minimum Gasteiger partial charge on any atom is -0.486 e. The van der Waals surface area contributed by atoms with Crippen molar-refractivity contribution in [1.82, 2.24) is 4.90 Å². The minimum atomic E-state index is -1.70. The lowest BCUT2D eigenvalue weighted by molar-refractivity contribution is -0.165. The van der Waals surface area contributed by atoms with Gasteiger partial charge in [0.25, 0.3) is 0 Å². The van der Waals surface area contributed by atoms with Crippen LogP contribution in [0, 0.1) is 5.92 Å². The lowest BCUT2D eigenvalue weighted by Gasteiger charge is -2.35. The summed E-state index contributed by atoms with van der Waals surface area (Å²) in [4.78, 5) is 25.4. The van der Waals surface area contributed by atoms with Gasteiger partial charge in [-0.15, -0.1) is 0 Å². The van der Waals surface area contributed by atoms with Gasteiger partial charge in [-0.2, -0.15) is 0 Å². The van der Waals surface area contributed by atoms with Crippen LogP contribution in [0.4, 0.5) is 0 Å². The molecule has 2 aliphatic heterocycles. The fourth-order valence-electron chi connectivity index (χ4n) is 3.67. The number of amides is 1. The lowest BCUT2D eigenvalue weighted by atomic mass is 9.91. The molecule has 1 aromatic carbocycles. The van der Waals surface area contributed by atoms with E-state index in [9.17, 15) is 14.7 Å². The molecule has 0 bridgehead atoms. The molecule has 134 valence electrons. The molecule has 1 amide bonds. The van der Waals surface area contributed by atoms with E-state index in [-0.39, 0.29) is 43.7 Å². The number of carbonyl (C=O) groups excluding carboxylic acids is 1. The van der Waals surface area contributed by atoms with Gasteiger partial charge in [0.15, 0.2) is 17.1 Å². The first-order chi connectivity index (χ1) is 12.0. The SMILES string of the molecule is O=C([C@@H]1C[C@@H]1c1ccc2c(c1)OCCO2)N1CCC(O)(C(=O)O)CC1. The summed E-state index contributed by atoms with van der Waals surface area (Å²) in [6.07, 6.45) is 0.948. The number of ether oxygens (including phenoxy) is 2. The Morgan fingerprint density at radius 2 is 1.80 bits per heavy atom. The highest BCUT2D eigenvalue weighted by Crippen LogP contribution is 2.50. The number of carboxylic acids is 1. The Labute approximate surface area is 145 Å². The quantitative estimate of drug-likeness (QED) is 0.847. The molecule has 1 saturated carbocycles. The van der Waals surface area contributed by atoms with Crippen LogP contribution in [0.2, 0.25) is 0 Å². The van der Waals surface area contributed by atoms with E-state index in [2.05, 4.69) is 0 Å². The number of aliphatic carboxylic acids is 1. The van der Waals surface area contributed by atoms with Gasteiger partial charge in [0.05, 0.1) is 0 Å². The van der Waals surface area contributed by atoms with E-state index in [4.69, 9.17) is 14.6 Å². The van der Waals surface area contributed by atoms with E-state index < -0.39 is 11.6 Å². The van der Waals surface area contributed by atoms with Crippen LogP contribution in [0.3, 0.4) is 0 Å². The van der Waals surface area contributed by atoms with Crippen molar-refractivity contribution in [3.05, 3.63) is 23.8 Å². The number of piperidine rings is 1. The summed E-state index contributed by atoms with van der Waals surface area (Å²) in [5.41, 5.74) is -0.628. The number of aliphatic hydroxyl groups is 1. The minimum absolute atomic E-state index is 0.0485. The van der Waals surface area contributed by atoms with Gasteiger partial charge >= 0.3 is 5.97 Å². The molecular weight excluding hydrogens is 326 g/mol. The molecule has 2 atom stereocenters. The van der Waals surface area contributed by atoms with Gasteiger partial charge in [-0.1, -0.05) is 6.07 Å². The van der Waals surface area contributed by atoms with E-state index in [0.29, 0.717) is 13.2 Å². The molecule has 7 heteroatoms. The molecular formula is C18H21NO6. The molecule has 0 spiro atoms. The Kier molecular flexibility index (Phi) is 3.83. The Hall–Kier alpha value is -2.28. The highest BCUT2D eigenvalue weighted by atomic mass is 16.6. The average molecular weight is 347 g/mol. The van der Waals surface area contributed by atoms with E-state index in [1.165, 1.54) is 0 Å². The topological polar surface area (TPSA) is 96.3 Å². The first-order valence-electron chi connectivity index (χ1n) is 8.62. The van der Waals surface area contributed by atoms with Gasteiger partial charge in [0.2, 0.25) is 5.91 Å². The standard InChI is InChI=1S/C18H21NO6/c20-16(19-5-3-18(23,4-6-19)17(21)22)13-10-12(13)11-1-2-14-15(9-11)25-8-7-24-14/h1-2,9,12-13,23H,3-8,10H2,(H,21,22)/t12-,13-/m1/s1. The molecule has 1 saturated heterocycles. The predicted octanol–water partition coefficient (Wildman–Crippen LogP) is 0.999. The van der Waals surface area contributed by atoms with Gasteiger partial charge in [-0.05, 0) is 30.0 Å². The lowest BCUT2D eigenvalue weighted by Crippen LogP contribution is -2.51. The van der Waals surface area contributed by atoms with Crippen molar-refractivity contribution >= 4 is 11.9 Å². The summed E-state index contributed by atoms with van der Waals surface area (Å²) in [5.74, 6) is 0.406. The maximum atomic E-state index is 12.7. The largest absolute Gasteiger partial charge is 0.486 e. The molecule has 0 radical (unpaired) electrons. The van der Waals surface area contributed by atoms with Gasteiger partial charge in [0.1, 0.15) is 13.2 Å². The predicted molar refractivity (Wildman–Crippen MR) is 86.7 cm³/mol. The Morgan fingerprint density at radius 3 is 2.48 bits per heavy atom. The third kappa shape index (κ3) is 2.93. The van der Waals surface area contributed by atoms with E-state index in [1.54, 1.807) is 4.90 Å². The zero-order valence-corrected chi connectivity index (χ0v) is 13.8. The molecule has 0 unspecified atom stereocenters. The fraction of sp³-hybridized carbons (Fsp3) is 0.556. The molecule has 3 aliphatic rings. The smallest absolute Gasteiger partial charge is 0.335 e. The summed E-state index contributed by atoms with van der Waals surface area (Å²) < 4.78 is 11.1. The molecule has 0 aromatic heterocycles. The molecule has 2 heterocycles. The van der Waals surface area contributed by atoms with Crippen LogP contribution < -0.4 is 9.47 Å².